The Morgan fingerprint density at radius 1 is 1.05 bits per heavy atom. The third kappa shape index (κ3) is 2.49. The molecule has 11 heteroatoms. The molecule has 1 aromatic rings. The molecular formula is C9H4F7N3O. The highest BCUT2D eigenvalue weighted by atomic mass is 19.4. The first-order valence-electron chi connectivity index (χ1n) is 4.66. The molecule has 4 nitrogen and oxygen atoms in total. The van der Waals surface area contributed by atoms with Crippen LogP contribution in [0.4, 0.5) is 36.4 Å². The van der Waals surface area contributed by atoms with E-state index in [1.807, 2.05) is 0 Å². The average Bonchev–Trinajstić information content (AvgIpc) is 2.28. The summed E-state index contributed by atoms with van der Waals surface area (Å²) in [6.07, 6.45) is -12.2. The number of nitrogens with zero attached hydrogens (tertiary/aromatic N) is 3. The molecule has 0 atom stereocenters. The first-order chi connectivity index (χ1) is 8.95. The van der Waals surface area contributed by atoms with Crippen LogP contribution in [0.25, 0.3) is 10.4 Å². The zero-order valence-corrected chi connectivity index (χ0v) is 9.17. The van der Waals surface area contributed by atoms with Crippen LogP contribution in [0.3, 0.4) is 0 Å². The Kier molecular flexibility index (Phi) is 3.88. The van der Waals surface area contributed by atoms with Crippen molar-refractivity contribution in [3.05, 3.63) is 40.0 Å². The molecule has 0 bridgehead atoms. The van der Waals surface area contributed by atoms with Crippen LogP contribution in [0.5, 0.6) is 0 Å². The van der Waals surface area contributed by atoms with Gasteiger partial charge in [0.1, 0.15) is 5.82 Å². The maximum absolute atomic E-state index is 13.2. The van der Waals surface area contributed by atoms with E-state index in [2.05, 4.69) is 10.0 Å². The van der Waals surface area contributed by atoms with E-state index >= 15 is 0 Å². The van der Waals surface area contributed by atoms with Crippen molar-refractivity contribution in [1.29, 1.82) is 0 Å². The third-order valence-corrected chi connectivity index (χ3v) is 2.34. The van der Waals surface area contributed by atoms with Gasteiger partial charge in [0.05, 0.1) is 5.69 Å². The van der Waals surface area contributed by atoms with Crippen LogP contribution in [0, 0.1) is 5.82 Å². The van der Waals surface area contributed by atoms with Gasteiger partial charge in [0.25, 0.3) is 5.60 Å². The van der Waals surface area contributed by atoms with Crippen LogP contribution in [-0.4, -0.2) is 17.5 Å². The fourth-order valence-corrected chi connectivity index (χ4v) is 1.35. The minimum absolute atomic E-state index is 0.175. The molecule has 0 fully saturated rings. The van der Waals surface area contributed by atoms with E-state index in [4.69, 9.17) is 10.6 Å². The lowest BCUT2D eigenvalue weighted by Gasteiger charge is -2.32. The number of halogens is 7. The second-order valence-corrected chi connectivity index (χ2v) is 3.56. The molecule has 110 valence electrons. The normalized spacial score (nSPS) is 13.0. The summed E-state index contributed by atoms with van der Waals surface area (Å²) >= 11 is 0. The highest BCUT2D eigenvalue weighted by Crippen LogP contribution is 2.50. The number of hydrogen-bond acceptors (Lipinski definition) is 2. The maximum atomic E-state index is 13.2. The van der Waals surface area contributed by atoms with Gasteiger partial charge in [0.15, 0.2) is 0 Å². The number of azide groups is 1. The van der Waals surface area contributed by atoms with Gasteiger partial charge in [0, 0.05) is 10.5 Å². The lowest BCUT2D eigenvalue weighted by atomic mass is 9.92. The molecule has 1 aromatic carbocycles. The molecule has 20 heavy (non-hydrogen) atoms. The van der Waals surface area contributed by atoms with Gasteiger partial charge in [-0.1, -0.05) is 11.2 Å². The Morgan fingerprint density at radius 2 is 1.55 bits per heavy atom. The highest BCUT2D eigenvalue weighted by Gasteiger charge is 2.71. The fourth-order valence-electron chi connectivity index (χ4n) is 1.35. The first kappa shape index (κ1) is 16.1. The van der Waals surface area contributed by atoms with Crippen molar-refractivity contribution in [2.75, 3.05) is 0 Å². The van der Waals surface area contributed by atoms with Crippen molar-refractivity contribution < 1.29 is 35.8 Å². The van der Waals surface area contributed by atoms with Gasteiger partial charge in [0.2, 0.25) is 0 Å². The Balaban J connectivity index is 3.53. The Bertz CT molecular complexity index is 546. The van der Waals surface area contributed by atoms with Gasteiger partial charge in [-0.05, 0) is 17.7 Å². The monoisotopic (exact) mass is 303 g/mol. The molecule has 0 unspecified atom stereocenters. The maximum Gasteiger partial charge on any atom is 0.430 e. The average molecular weight is 303 g/mol. The summed E-state index contributed by atoms with van der Waals surface area (Å²) in [6.45, 7) is 0. The Hall–Kier alpha value is -2.00. The summed E-state index contributed by atoms with van der Waals surface area (Å²) in [7, 11) is 0. The van der Waals surface area contributed by atoms with Crippen molar-refractivity contribution >= 4 is 5.69 Å². The van der Waals surface area contributed by atoms with Gasteiger partial charge in [-0.15, -0.1) is 0 Å². The van der Waals surface area contributed by atoms with Crippen LogP contribution in [0.1, 0.15) is 5.56 Å². The SMILES string of the molecule is [N-]=[N+]=Nc1ccc(C(O)(C(F)(F)F)C(F)(F)F)cc1F. The van der Waals surface area contributed by atoms with Crippen LogP contribution in [0.2, 0.25) is 0 Å². The van der Waals surface area contributed by atoms with Gasteiger partial charge < -0.3 is 5.11 Å². The second-order valence-electron chi connectivity index (χ2n) is 3.56. The van der Waals surface area contributed by atoms with Gasteiger partial charge >= 0.3 is 12.4 Å². The summed E-state index contributed by atoms with van der Waals surface area (Å²) in [4.78, 5) is 2.13. The van der Waals surface area contributed by atoms with Crippen LogP contribution < -0.4 is 0 Å². The topological polar surface area (TPSA) is 69.0 Å². The molecule has 0 heterocycles. The standard InChI is InChI=1S/C9H4F7N3O/c10-5-3-4(1-2-6(5)18-19-17)7(20,8(11,12)13)9(14,15)16/h1-3,20H. The molecule has 0 saturated carbocycles. The van der Waals surface area contributed by atoms with E-state index in [-0.39, 0.29) is 12.1 Å². The van der Waals surface area contributed by atoms with E-state index in [1.54, 1.807) is 0 Å². The third-order valence-electron chi connectivity index (χ3n) is 2.34. The summed E-state index contributed by atoms with van der Waals surface area (Å²) in [5, 5.41) is 11.7. The lowest BCUT2D eigenvalue weighted by Crippen LogP contribution is -2.53. The van der Waals surface area contributed by atoms with E-state index in [1.165, 1.54) is 0 Å². The summed E-state index contributed by atoms with van der Waals surface area (Å²) in [5.41, 5.74) is 0.213. The molecular weight excluding hydrogens is 299 g/mol. The van der Waals surface area contributed by atoms with E-state index in [9.17, 15) is 30.7 Å². The van der Waals surface area contributed by atoms with Crippen molar-refractivity contribution in [3.63, 3.8) is 0 Å². The molecule has 0 aliphatic carbocycles. The number of alkyl halides is 6. The molecule has 0 radical (unpaired) electrons. The van der Waals surface area contributed by atoms with Crippen LogP contribution >= 0.6 is 0 Å². The molecule has 0 spiro atoms. The smallest absolute Gasteiger partial charge is 0.369 e. The Labute approximate surface area is 106 Å². The van der Waals surface area contributed by atoms with E-state index in [0.29, 0.717) is 6.07 Å². The van der Waals surface area contributed by atoms with Crippen molar-refractivity contribution in [2.24, 2.45) is 5.11 Å². The largest absolute Gasteiger partial charge is 0.430 e. The summed E-state index contributed by atoms with van der Waals surface area (Å²) in [6, 6.07) is 0.381. The van der Waals surface area contributed by atoms with Crippen LogP contribution in [-0.2, 0) is 5.60 Å². The van der Waals surface area contributed by atoms with Crippen LogP contribution in [0.15, 0.2) is 23.3 Å². The molecule has 0 aliphatic rings. The van der Waals surface area contributed by atoms with Crippen molar-refractivity contribution in [1.82, 2.24) is 0 Å². The van der Waals surface area contributed by atoms with Gasteiger partial charge in [-0.3, -0.25) is 0 Å². The number of aliphatic hydroxyl groups is 1. The molecule has 0 aliphatic heterocycles. The van der Waals surface area contributed by atoms with E-state index in [0.717, 1.165) is 0 Å². The quantitative estimate of drug-likeness (QED) is 0.380. The zero-order chi connectivity index (χ0) is 15.8. The summed E-state index contributed by atoms with van der Waals surface area (Å²) < 4.78 is 88.2. The van der Waals surface area contributed by atoms with Gasteiger partial charge in [-0.2, -0.15) is 26.3 Å². The van der Waals surface area contributed by atoms with E-state index < -0.39 is 35.0 Å². The molecule has 1 rings (SSSR count). The number of rotatable bonds is 2. The number of benzene rings is 1. The minimum atomic E-state index is -6.11. The molecule has 1 N–H and O–H groups in total. The summed E-state index contributed by atoms with van der Waals surface area (Å²) in [5.74, 6) is -1.63. The molecule has 0 saturated heterocycles. The number of hydrogen-bond donors (Lipinski definition) is 1. The Morgan fingerprint density at radius 3 is 1.90 bits per heavy atom. The fraction of sp³-hybridized carbons (Fsp3) is 0.333. The van der Waals surface area contributed by atoms with Crippen molar-refractivity contribution in [3.8, 4) is 0 Å². The predicted molar refractivity (Wildman–Crippen MR) is 51.2 cm³/mol. The highest BCUT2D eigenvalue weighted by molar-refractivity contribution is 5.43. The predicted octanol–water partition coefficient (Wildman–Crippen LogP) is 4.08. The second kappa shape index (κ2) is 4.84. The lowest BCUT2D eigenvalue weighted by molar-refractivity contribution is -0.376. The first-order valence-corrected chi connectivity index (χ1v) is 4.66. The minimum Gasteiger partial charge on any atom is -0.369 e. The van der Waals surface area contributed by atoms with Crippen molar-refractivity contribution in [2.45, 2.75) is 18.0 Å². The zero-order valence-electron chi connectivity index (χ0n) is 9.17. The molecule has 0 amide bonds. The van der Waals surface area contributed by atoms with Gasteiger partial charge in [-0.25, -0.2) is 4.39 Å². The molecule has 0 aromatic heterocycles.